The molecule has 108 valence electrons. The van der Waals surface area contributed by atoms with E-state index in [0.717, 1.165) is 17.3 Å². The molecule has 2 aromatic heterocycles. The largest absolute Gasteiger partial charge is 0.496 e. The van der Waals surface area contributed by atoms with E-state index in [1.807, 2.05) is 20.0 Å². The van der Waals surface area contributed by atoms with Crippen molar-refractivity contribution in [3.8, 4) is 17.1 Å². The van der Waals surface area contributed by atoms with E-state index >= 15 is 0 Å². The second-order valence-corrected chi connectivity index (χ2v) is 5.23. The van der Waals surface area contributed by atoms with Crippen molar-refractivity contribution in [3.63, 3.8) is 0 Å². The Bertz CT molecular complexity index is 845. The van der Waals surface area contributed by atoms with E-state index in [9.17, 15) is 4.39 Å². The van der Waals surface area contributed by atoms with Crippen LogP contribution in [0.25, 0.3) is 22.6 Å². The number of aryl methyl sites for hydroxylation is 2. The van der Waals surface area contributed by atoms with Gasteiger partial charge in [0.25, 0.3) is 0 Å². The molecule has 0 aliphatic rings. The number of pyridine rings is 1. The van der Waals surface area contributed by atoms with Gasteiger partial charge in [0.15, 0.2) is 5.65 Å². The number of methoxy groups -OCH3 is 1. The number of nitrogens with zero attached hydrogens (tertiary/aromatic N) is 3. The molecule has 0 fully saturated rings. The first-order valence-electron chi connectivity index (χ1n) is 6.33. The normalized spacial score (nSPS) is 11.1. The standard InChI is InChI=1S/C15H13ClFN3O/c1-8-4-9(16)5-12(21-3)13(8)15-19-14-11(20(15)2)6-10(17)7-18-14/h4-7H,1-3H3. The lowest BCUT2D eigenvalue weighted by Gasteiger charge is -2.12. The first kappa shape index (κ1) is 13.8. The van der Waals surface area contributed by atoms with E-state index in [-0.39, 0.29) is 0 Å². The lowest BCUT2D eigenvalue weighted by atomic mass is 10.1. The van der Waals surface area contributed by atoms with Crippen LogP contribution in [-0.2, 0) is 7.05 Å². The van der Waals surface area contributed by atoms with Crippen LogP contribution in [0, 0.1) is 12.7 Å². The van der Waals surface area contributed by atoms with Crippen molar-refractivity contribution in [1.82, 2.24) is 14.5 Å². The maximum Gasteiger partial charge on any atom is 0.178 e. The molecular formula is C15H13ClFN3O. The lowest BCUT2D eigenvalue weighted by Crippen LogP contribution is -1.98. The average Bonchev–Trinajstić information content (AvgIpc) is 2.75. The summed E-state index contributed by atoms with van der Waals surface area (Å²) in [6.45, 7) is 1.93. The van der Waals surface area contributed by atoms with Crippen LogP contribution in [0.3, 0.4) is 0 Å². The molecule has 0 radical (unpaired) electrons. The molecule has 3 rings (SSSR count). The van der Waals surface area contributed by atoms with Crippen LogP contribution in [0.5, 0.6) is 5.75 Å². The van der Waals surface area contributed by atoms with Gasteiger partial charge in [0.2, 0.25) is 0 Å². The molecule has 0 unspecified atom stereocenters. The third-order valence-electron chi connectivity index (χ3n) is 3.41. The molecule has 0 atom stereocenters. The van der Waals surface area contributed by atoms with Crippen LogP contribution in [0.1, 0.15) is 5.56 Å². The summed E-state index contributed by atoms with van der Waals surface area (Å²) >= 11 is 6.06. The van der Waals surface area contributed by atoms with Crippen molar-refractivity contribution < 1.29 is 9.13 Å². The van der Waals surface area contributed by atoms with Gasteiger partial charge in [-0.3, -0.25) is 0 Å². The van der Waals surface area contributed by atoms with E-state index in [0.29, 0.717) is 27.8 Å². The summed E-state index contributed by atoms with van der Waals surface area (Å²) in [7, 11) is 3.40. The lowest BCUT2D eigenvalue weighted by molar-refractivity contribution is 0.415. The Labute approximate surface area is 126 Å². The molecule has 0 aliphatic heterocycles. The van der Waals surface area contributed by atoms with Crippen LogP contribution in [0.15, 0.2) is 24.4 Å². The highest BCUT2D eigenvalue weighted by atomic mass is 35.5. The van der Waals surface area contributed by atoms with E-state index in [1.165, 1.54) is 6.07 Å². The summed E-state index contributed by atoms with van der Waals surface area (Å²) < 4.78 is 20.6. The first-order valence-corrected chi connectivity index (χ1v) is 6.71. The van der Waals surface area contributed by atoms with Gasteiger partial charge in [-0.2, -0.15) is 0 Å². The molecule has 0 aliphatic carbocycles. The average molecular weight is 306 g/mol. The van der Waals surface area contributed by atoms with Crippen LogP contribution < -0.4 is 4.74 Å². The van der Waals surface area contributed by atoms with E-state index in [2.05, 4.69) is 9.97 Å². The number of fused-ring (bicyclic) bond motifs is 1. The van der Waals surface area contributed by atoms with E-state index in [4.69, 9.17) is 16.3 Å². The van der Waals surface area contributed by atoms with Crippen molar-refractivity contribution in [1.29, 1.82) is 0 Å². The highest BCUT2D eigenvalue weighted by molar-refractivity contribution is 6.31. The van der Waals surface area contributed by atoms with Gasteiger partial charge in [-0.1, -0.05) is 11.6 Å². The summed E-state index contributed by atoms with van der Waals surface area (Å²) in [6, 6.07) is 4.99. The molecule has 3 aromatic rings. The number of aromatic nitrogens is 3. The molecule has 0 spiro atoms. The molecule has 4 nitrogen and oxygen atoms in total. The highest BCUT2D eigenvalue weighted by Crippen LogP contribution is 2.36. The minimum atomic E-state index is -0.392. The zero-order chi connectivity index (χ0) is 15.1. The predicted octanol–water partition coefficient (Wildman–Crippen LogP) is 3.74. The molecular weight excluding hydrogens is 293 g/mol. The maximum absolute atomic E-state index is 13.4. The number of imidazole rings is 1. The minimum absolute atomic E-state index is 0.392. The fraction of sp³-hybridized carbons (Fsp3) is 0.200. The van der Waals surface area contributed by atoms with Crippen LogP contribution in [0.4, 0.5) is 4.39 Å². The minimum Gasteiger partial charge on any atom is -0.496 e. The van der Waals surface area contributed by atoms with Gasteiger partial charge >= 0.3 is 0 Å². The fourth-order valence-corrected chi connectivity index (χ4v) is 2.69. The van der Waals surface area contributed by atoms with Crippen molar-refractivity contribution in [2.45, 2.75) is 6.92 Å². The quantitative estimate of drug-likeness (QED) is 0.724. The summed E-state index contributed by atoms with van der Waals surface area (Å²) in [6.07, 6.45) is 1.16. The summed E-state index contributed by atoms with van der Waals surface area (Å²) in [4.78, 5) is 8.50. The third-order valence-corrected chi connectivity index (χ3v) is 3.63. The number of halogens is 2. The van der Waals surface area contributed by atoms with Crippen LogP contribution in [-0.4, -0.2) is 21.6 Å². The fourth-order valence-electron chi connectivity index (χ4n) is 2.43. The van der Waals surface area contributed by atoms with Gasteiger partial charge in [-0.05, 0) is 24.6 Å². The molecule has 0 saturated heterocycles. The molecule has 0 amide bonds. The zero-order valence-electron chi connectivity index (χ0n) is 11.8. The van der Waals surface area contributed by atoms with Crippen LogP contribution >= 0.6 is 11.6 Å². The monoisotopic (exact) mass is 305 g/mol. The predicted molar refractivity (Wildman–Crippen MR) is 80.2 cm³/mol. The molecule has 0 saturated carbocycles. The van der Waals surface area contributed by atoms with Crippen molar-refractivity contribution in [3.05, 3.63) is 40.8 Å². The van der Waals surface area contributed by atoms with Gasteiger partial charge in [0.1, 0.15) is 17.4 Å². The van der Waals surface area contributed by atoms with Gasteiger partial charge in [-0.25, -0.2) is 14.4 Å². The molecule has 0 bridgehead atoms. The van der Waals surface area contributed by atoms with Gasteiger partial charge in [-0.15, -0.1) is 0 Å². The number of ether oxygens (including phenoxy) is 1. The Hall–Kier alpha value is -2.14. The first-order chi connectivity index (χ1) is 10.0. The maximum atomic E-state index is 13.4. The van der Waals surface area contributed by atoms with Crippen molar-refractivity contribution in [2.75, 3.05) is 7.11 Å². The third kappa shape index (κ3) is 2.23. The van der Waals surface area contributed by atoms with Gasteiger partial charge in [0, 0.05) is 18.1 Å². The topological polar surface area (TPSA) is 39.9 Å². The zero-order valence-corrected chi connectivity index (χ0v) is 12.6. The molecule has 0 N–H and O–H groups in total. The summed E-state index contributed by atoms with van der Waals surface area (Å²) in [5.41, 5.74) is 2.87. The van der Waals surface area contributed by atoms with Crippen LogP contribution in [0.2, 0.25) is 5.02 Å². The second-order valence-electron chi connectivity index (χ2n) is 4.79. The molecule has 6 heteroatoms. The number of benzene rings is 1. The Morgan fingerprint density at radius 3 is 2.76 bits per heavy atom. The van der Waals surface area contributed by atoms with E-state index < -0.39 is 5.82 Å². The van der Waals surface area contributed by atoms with E-state index in [1.54, 1.807) is 17.7 Å². The summed E-state index contributed by atoms with van der Waals surface area (Å²) in [5.74, 6) is 0.893. The molecule has 1 aromatic carbocycles. The number of hydrogen-bond acceptors (Lipinski definition) is 3. The van der Waals surface area contributed by atoms with Crippen molar-refractivity contribution >= 4 is 22.8 Å². The highest BCUT2D eigenvalue weighted by Gasteiger charge is 2.18. The SMILES string of the molecule is COc1cc(Cl)cc(C)c1-c1nc2ncc(F)cc2n1C. The van der Waals surface area contributed by atoms with Gasteiger partial charge in [0.05, 0.1) is 24.4 Å². The Kier molecular flexibility index (Phi) is 3.29. The molecule has 21 heavy (non-hydrogen) atoms. The molecule has 2 heterocycles. The smallest absolute Gasteiger partial charge is 0.178 e. The van der Waals surface area contributed by atoms with Crippen molar-refractivity contribution in [2.24, 2.45) is 7.05 Å². The Morgan fingerprint density at radius 2 is 2.05 bits per heavy atom. The summed E-state index contributed by atoms with van der Waals surface area (Å²) in [5, 5.41) is 0.594. The number of rotatable bonds is 2. The second kappa shape index (κ2) is 5.00. The Morgan fingerprint density at radius 1 is 1.29 bits per heavy atom. The Balaban J connectivity index is 2.33. The number of hydrogen-bond donors (Lipinski definition) is 0. The van der Waals surface area contributed by atoms with Gasteiger partial charge < -0.3 is 9.30 Å².